The first-order valence-corrected chi connectivity index (χ1v) is 5.73. The standard InChI is InChI=1S/C10H10BrNO4/c1-2-16-10(13)8-5-3-4-7(6-11)9(8)12(14)15/h3-5H,2,6H2,1H3. The normalized spacial score (nSPS) is 9.88. The second-order valence-corrected chi connectivity index (χ2v) is 3.49. The molecule has 0 heterocycles. The predicted octanol–water partition coefficient (Wildman–Crippen LogP) is 2.67. The number of nitro groups is 1. The molecule has 5 nitrogen and oxygen atoms in total. The molecular weight excluding hydrogens is 278 g/mol. The Balaban J connectivity index is 3.27. The van der Waals surface area contributed by atoms with E-state index in [1.165, 1.54) is 6.07 Å². The first-order valence-electron chi connectivity index (χ1n) is 4.61. The van der Waals surface area contributed by atoms with E-state index in [1.54, 1.807) is 19.1 Å². The predicted molar refractivity (Wildman–Crippen MR) is 61.7 cm³/mol. The van der Waals surface area contributed by atoms with Crippen molar-refractivity contribution in [1.82, 2.24) is 0 Å². The van der Waals surface area contributed by atoms with Crippen LogP contribution < -0.4 is 0 Å². The molecule has 0 aliphatic rings. The third kappa shape index (κ3) is 2.57. The van der Waals surface area contributed by atoms with Crippen LogP contribution in [-0.4, -0.2) is 17.5 Å². The largest absolute Gasteiger partial charge is 0.462 e. The van der Waals surface area contributed by atoms with Gasteiger partial charge in [-0.3, -0.25) is 10.1 Å². The van der Waals surface area contributed by atoms with Crippen molar-refractivity contribution in [3.63, 3.8) is 0 Å². The molecule has 0 saturated carbocycles. The van der Waals surface area contributed by atoms with Gasteiger partial charge in [0.05, 0.1) is 11.5 Å². The summed E-state index contributed by atoms with van der Waals surface area (Å²) in [6, 6.07) is 4.58. The van der Waals surface area contributed by atoms with Crippen LogP contribution in [0.4, 0.5) is 5.69 Å². The maximum Gasteiger partial charge on any atom is 0.345 e. The molecule has 0 fully saturated rings. The summed E-state index contributed by atoms with van der Waals surface area (Å²) in [7, 11) is 0. The van der Waals surface area contributed by atoms with E-state index in [9.17, 15) is 14.9 Å². The van der Waals surface area contributed by atoms with Crippen LogP contribution in [0, 0.1) is 10.1 Å². The number of nitrogens with zero attached hydrogens (tertiary/aromatic N) is 1. The average Bonchev–Trinajstić information content (AvgIpc) is 2.28. The lowest BCUT2D eigenvalue weighted by Gasteiger charge is -2.05. The van der Waals surface area contributed by atoms with Gasteiger partial charge >= 0.3 is 5.97 Å². The third-order valence-corrected chi connectivity index (χ3v) is 2.55. The molecule has 0 amide bonds. The van der Waals surface area contributed by atoms with Crippen LogP contribution in [0.2, 0.25) is 0 Å². The fraction of sp³-hybridized carbons (Fsp3) is 0.300. The molecule has 0 unspecified atom stereocenters. The van der Waals surface area contributed by atoms with Gasteiger partial charge in [0.1, 0.15) is 5.56 Å². The fourth-order valence-electron chi connectivity index (χ4n) is 1.29. The quantitative estimate of drug-likeness (QED) is 0.369. The van der Waals surface area contributed by atoms with Crippen molar-refractivity contribution in [2.24, 2.45) is 0 Å². The lowest BCUT2D eigenvalue weighted by molar-refractivity contribution is -0.385. The number of benzene rings is 1. The van der Waals surface area contributed by atoms with Crippen LogP contribution in [0.15, 0.2) is 18.2 Å². The van der Waals surface area contributed by atoms with Crippen LogP contribution in [0.25, 0.3) is 0 Å². The van der Waals surface area contributed by atoms with E-state index in [-0.39, 0.29) is 17.9 Å². The summed E-state index contributed by atoms with van der Waals surface area (Å²) >= 11 is 3.14. The molecule has 86 valence electrons. The highest BCUT2D eigenvalue weighted by atomic mass is 79.9. The Labute approximate surface area is 101 Å². The fourth-order valence-corrected chi connectivity index (χ4v) is 1.74. The number of rotatable bonds is 4. The molecular formula is C10H10BrNO4. The molecule has 0 radical (unpaired) electrons. The first-order chi connectivity index (χ1) is 7.61. The van der Waals surface area contributed by atoms with Crippen molar-refractivity contribution in [2.75, 3.05) is 6.61 Å². The van der Waals surface area contributed by atoms with Crippen molar-refractivity contribution in [1.29, 1.82) is 0 Å². The number of alkyl halides is 1. The summed E-state index contributed by atoms with van der Waals surface area (Å²) in [5.74, 6) is -0.669. The smallest absolute Gasteiger partial charge is 0.345 e. The van der Waals surface area contributed by atoms with Gasteiger partial charge in [-0.15, -0.1) is 0 Å². The third-order valence-electron chi connectivity index (χ3n) is 1.94. The Kier molecular flexibility index (Phi) is 4.42. The molecule has 1 rings (SSSR count). The number of carbonyl (C=O) groups excluding carboxylic acids is 1. The van der Waals surface area contributed by atoms with Gasteiger partial charge < -0.3 is 4.74 Å². The number of esters is 1. The number of hydrogen-bond donors (Lipinski definition) is 0. The summed E-state index contributed by atoms with van der Waals surface area (Å²) in [6.07, 6.45) is 0. The van der Waals surface area contributed by atoms with Crippen molar-refractivity contribution in [3.8, 4) is 0 Å². The van der Waals surface area contributed by atoms with Gasteiger partial charge in [-0.05, 0) is 13.0 Å². The van der Waals surface area contributed by atoms with Crippen molar-refractivity contribution in [3.05, 3.63) is 39.4 Å². The summed E-state index contributed by atoms with van der Waals surface area (Å²) in [5.41, 5.74) is 0.247. The molecule has 0 aliphatic heterocycles. The highest BCUT2D eigenvalue weighted by Crippen LogP contribution is 2.26. The topological polar surface area (TPSA) is 69.4 Å². The molecule has 0 bridgehead atoms. The minimum atomic E-state index is -0.669. The summed E-state index contributed by atoms with van der Waals surface area (Å²) < 4.78 is 4.76. The van der Waals surface area contributed by atoms with Gasteiger partial charge in [0, 0.05) is 10.9 Å². The number of carbonyl (C=O) groups is 1. The van der Waals surface area contributed by atoms with Gasteiger partial charge in [0.25, 0.3) is 5.69 Å². The van der Waals surface area contributed by atoms with Crippen molar-refractivity contribution < 1.29 is 14.5 Å². The molecule has 0 atom stereocenters. The van der Waals surface area contributed by atoms with Gasteiger partial charge in [-0.2, -0.15) is 0 Å². The highest BCUT2D eigenvalue weighted by Gasteiger charge is 2.24. The van der Waals surface area contributed by atoms with Gasteiger partial charge in [-0.1, -0.05) is 28.1 Å². The number of para-hydroxylation sites is 1. The van der Waals surface area contributed by atoms with E-state index >= 15 is 0 Å². The van der Waals surface area contributed by atoms with E-state index in [0.717, 1.165) is 0 Å². The van der Waals surface area contributed by atoms with Crippen LogP contribution in [0.1, 0.15) is 22.8 Å². The van der Waals surface area contributed by atoms with E-state index in [4.69, 9.17) is 4.74 Å². The average molecular weight is 288 g/mol. The molecule has 16 heavy (non-hydrogen) atoms. The van der Waals surface area contributed by atoms with E-state index < -0.39 is 10.9 Å². The SMILES string of the molecule is CCOC(=O)c1cccc(CBr)c1[N+](=O)[O-]. The first kappa shape index (κ1) is 12.6. The van der Waals surface area contributed by atoms with E-state index in [1.807, 2.05) is 0 Å². The Morgan fingerprint density at radius 2 is 2.25 bits per heavy atom. The second-order valence-electron chi connectivity index (χ2n) is 2.92. The lowest BCUT2D eigenvalue weighted by atomic mass is 10.1. The van der Waals surface area contributed by atoms with E-state index in [0.29, 0.717) is 10.9 Å². The minimum absolute atomic E-state index is 0.0104. The number of halogens is 1. The number of ether oxygens (including phenoxy) is 1. The summed E-state index contributed by atoms with van der Waals surface area (Å²) in [6.45, 7) is 1.84. The van der Waals surface area contributed by atoms with Crippen molar-refractivity contribution >= 4 is 27.6 Å². The van der Waals surface area contributed by atoms with Gasteiger partial charge in [0.15, 0.2) is 0 Å². The molecule has 1 aromatic carbocycles. The molecule has 0 aromatic heterocycles. The molecule has 6 heteroatoms. The molecule has 1 aromatic rings. The van der Waals surface area contributed by atoms with E-state index in [2.05, 4.69) is 15.9 Å². The monoisotopic (exact) mass is 287 g/mol. The lowest BCUT2D eigenvalue weighted by Crippen LogP contribution is -2.09. The Bertz CT molecular complexity index is 419. The number of nitro benzene ring substituents is 1. The molecule has 0 aliphatic carbocycles. The molecule has 0 N–H and O–H groups in total. The Morgan fingerprint density at radius 1 is 1.56 bits per heavy atom. The Morgan fingerprint density at radius 3 is 2.75 bits per heavy atom. The molecule has 0 saturated heterocycles. The minimum Gasteiger partial charge on any atom is -0.462 e. The van der Waals surface area contributed by atoms with Crippen LogP contribution >= 0.6 is 15.9 Å². The second kappa shape index (κ2) is 5.60. The van der Waals surface area contributed by atoms with Gasteiger partial charge in [-0.25, -0.2) is 4.79 Å². The zero-order valence-electron chi connectivity index (χ0n) is 8.60. The highest BCUT2D eigenvalue weighted by molar-refractivity contribution is 9.08. The number of hydrogen-bond acceptors (Lipinski definition) is 4. The Hall–Kier alpha value is -1.43. The van der Waals surface area contributed by atoms with Crippen LogP contribution in [-0.2, 0) is 10.1 Å². The zero-order valence-corrected chi connectivity index (χ0v) is 10.2. The zero-order chi connectivity index (χ0) is 12.1. The summed E-state index contributed by atoms with van der Waals surface area (Å²) in [4.78, 5) is 21.8. The van der Waals surface area contributed by atoms with Crippen LogP contribution in [0.3, 0.4) is 0 Å². The van der Waals surface area contributed by atoms with Crippen LogP contribution in [0.5, 0.6) is 0 Å². The van der Waals surface area contributed by atoms with Crippen molar-refractivity contribution in [2.45, 2.75) is 12.3 Å². The maximum atomic E-state index is 11.5. The molecule has 0 spiro atoms. The summed E-state index contributed by atoms with van der Waals surface area (Å²) in [5, 5.41) is 11.2. The van der Waals surface area contributed by atoms with Gasteiger partial charge in [0.2, 0.25) is 0 Å². The maximum absolute atomic E-state index is 11.5.